The van der Waals surface area contributed by atoms with Gasteiger partial charge in [0.25, 0.3) is 0 Å². The van der Waals surface area contributed by atoms with E-state index in [1.54, 1.807) is 14.0 Å². The fourth-order valence-corrected chi connectivity index (χ4v) is 1.70. The number of aryl methyl sites for hydroxylation is 1. The van der Waals surface area contributed by atoms with Crippen LogP contribution in [0.25, 0.3) is 0 Å². The molecule has 0 aliphatic heterocycles. The highest BCUT2D eigenvalue weighted by Gasteiger charge is 2.17. The van der Waals surface area contributed by atoms with Crippen molar-refractivity contribution in [1.82, 2.24) is 9.97 Å². The third kappa shape index (κ3) is 3.63. The van der Waals surface area contributed by atoms with Crippen molar-refractivity contribution in [3.63, 3.8) is 0 Å². The van der Waals surface area contributed by atoms with E-state index < -0.39 is 0 Å². The Kier molecular flexibility index (Phi) is 5.98. The predicted molar refractivity (Wildman–Crippen MR) is 70.2 cm³/mol. The van der Waals surface area contributed by atoms with Crippen molar-refractivity contribution in [3.8, 4) is 0 Å². The highest BCUT2D eigenvalue weighted by atomic mass is 19.1. The van der Waals surface area contributed by atoms with E-state index in [1.165, 1.54) is 0 Å². The van der Waals surface area contributed by atoms with Crippen LogP contribution in [0.2, 0.25) is 0 Å². The fraction of sp³-hybridized carbons (Fsp3) is 0.692. The number of rotatable bonds is 7. The van der Waals surface area contributed by atoms with Gasteiger partial charge in [0.05, 0.1) is 5.69 Å². The van der Waals surface area contributed by atoms with Crippen molar-refractivity contribution in [1.29, 1.82) is 0 Å². The van der Waals surface area contributed by atoms with Crippen LogP contribution in [0, 0.1) is 12.7 Å². The number of halogens is 1. The first-order valence-corrected chi connectivity index (χ1v) is 6.44. The van der Waals surface area contributed by atoms with E-state index in [2.05, 4.69) is 22.2 Å². The van der Waals surface area contributed by atoms with E-state index in [-0.39, 0.29) is 17.7 Å². The van der Waals surface area contributed by atoms with E-state index >= 15 is 0 Å². The minimum atomic E-state index is -0.376. The topological polar surface area (TPSA) is 47.0 Å². The van der Waals surface area contributed by atoms with Crippen LogP contribution in [0.5, 0.6) is 0 Å². The Labute approximate surface area is 108 Å². The van der Waals surface area contributed by atoms with Crippen molar-refractivity contribution in [2.24, 2.45) is 0 Å². The summed E-state index contributed by atoms with van der Waals surface area (Å²) in [5, 5.41) is 2.98. The van der Waals surface area contributed by atoms with Crippen molar-refractivity contribution < 1.29 is 9.13 Å². The van der Waals surface area contributed by atoms with Crippen LogP contribution < -0.4 is 5.32 Å². The molecular weight excluding hydrogens is 233 g/mol. The Morgan fingerprint density at radius 1 is 1.28 bits per heavy atom. The van der Waals surface area contributed by atoms with E-state index in [1.807, 2.05) is 6.92 Å². The summed E-state index contributed by atoms with van der Waals surface area (Å²) >= 11 is 0. The standard InChI is InChI=1S/C13H22FN3O/c1-5-7-10(18-4)12-16-9(3)11(14)13(17-12)15-8-6-2/h10H,5-8H2,1-4H3,(H,15,16,17). The number of aromatic nitrogens is 2. The number of ether oxygens (including phenoxy) is 1. The molecule has 0 fully saturated rings. The number of nitrogens with one attached hydrogen (secondary N) is 1. The monoisotopic (exact) mass is 255 g/mol. The smallest absolute Gasteiger partial charge is 0.186 e. The second kappa shape index (κ2) is 7.26. The van der Waals surface area contributed by atoms with Crippen LogP contribution >= 0.6 is 0 Å². The molecule has 0 bridgehead atoms. The number of hydrogen-bond donors (Lipinski definition) is 1. The van der Waals surface area contributed by atoms with Crippen LogP contribution in [0.4, 0.5) is 10.2 Å². The average molecular weight is 255 g/mol. The van der Waals surface area contributed by atoms with Gasteiger partial charge in [0.2, 0.25) is 0 Å². The molecule has 18 heavy (non-hydrogen) atoms. The van der Waals surface area contributed by atoms with Gasteiger partial charge in [-0.15, -0.1) is 0 Å². The van der Waals surface area contributed by atoms with Crippen LogP contribution in [0.3, 0.4) is 0 Å². The molecule has 0 spiro atoms. The van der Waals surface area contributed by atoms with Gasteiger partial charge in [0, 0.05) is 13.7 Å². The quantitative estimate of drug-likeness (QED) is 0.812. The third-order valence-corrected chi connectivity index (χ3v) is 2.70. The molecule has 0 saturated carbocycles. The fourth-order valence-electron chi connectivity index (χ4n) is 1.70. The molecule has 1 aromatic heterocycles. The second-order valence-corrected chi connectivity index (χ2v) is 4.27. The van der Waals surface area contributed by atoms with Crippen LogP contribution in [-0.2, 0) is 4.74 Å². The van der Waals surface area contributed by atoms with Gasteiger partial charge in [-0.1, -0.05) is 20.3 Å². The second-order valence-electron chi connectivity index (χ2n) is 4.27. The van der Waals surface area contributed by atoms with Gasteiger partial charge < -0.3 is 10.1 Å². The summed E-state index contributed by atoms with van der Waals surface area (Å²) in [6, 6.07) is 0. The maximum absolute atomic E-state index is 13.8. The summed E-state index contributed by atoms with van der Waals surface area (Å²) in [5.74, 6) is 0.452. The zero-order chi connectivity index (χ0) is 13.5. The molecule has 102 valence electrons. The van der Waals surface area contributed by atoms with Gasteiger partial charge >= 0.3 is 0 Å². The first-order chi connectivity index (χ1) is 8.63. The maximum atomic E-state index is 13.8. The van der Waals surface area contributed by atoms with E-state index in [0.29, 0.717) is 18.1 Å². The third-order valence-electron chi connectivity index (χ3n) is 2.70. The Bertz CT molecular complexity index is 385. The molecule has 1 N–H and O–H groups in total. The van der Waals surface area contributed by atoms with Gasteiger partial charge in [-0.2, -0.15) is 0 Å². The average Bonchev–Trinajstić information content (AvgIpc) is 2.37. The van der Waals surface area contributed by atoms with E-state index in [9.17, 15) is 4.39 Å². The van der Waals surface area contributed by atoms with Gasteiger partial charge in [-0.3, -0.25) is 0 Å². The number of nitrogens with zero attached hydrogens (tertiary/aromatic N) is 2. The Morgan fingerprint density at radius 3 is 2.56 bits per heavy atom. The molecule has 1 heterocycles. The van der Waals surface area contributed by atoms with Crippen LogP contribution in [0.1, 0.15) is 50.7 Å². The first-order valence-electron chi connectivity index (χ1n) is 6.44. The molecule has 1 unspecified atom stereocenters. The summed E-state index contributed by atoms with van der Waals surface area (Å²) in [7, 11) is 1.63. The van der Waals surface area contributed by atoms with Crippen molar-refractivity contribution in [3.05, 3.63) is 17.3 Å². The SMILES string of the molecule is CCCNc1nc(C(CCC)OC)nc(C)c1F. The Hall–Kier alpha value is -1.23. The molecule has 5 heteroatoms. The summed E-state index contributed by atoms with van der Waals surface area (Å²) < 4.78 is 19.2. The largest absolute Gasteiger partial charge is 0.373 e. The van der Waals surface area contributed by atoms with Gasteiger partial charge in [0.1, 0.15) is 6.10 Å². The molecule has 0 aromatic carbocycles. The summed E-state index contributed by atoms with van der Waals surface area (Å²) in [6.45, 7) is 6.43. The van der Waals surface area contributed by atoms with Gasteiger partial charge in [-0.05, 0) is 19.8 Å². The minimum Gasteiger partial charge on any atom is -0.373 e. The summed E-state index contributed by atoms with van der Waals surface area (Å²) in [4.78, 5) is 8.42. The minimum absolute atomic E-state index is 0.170. The maximum Gasteiger partial charge on any atom is 0.186 e. The molecule has 0 aliphatic rings. The lowest BCUT2D eigenvalue weighted by molar-refractivity contribution is 0.0874. The van der Waals surface area contributed by atoms with Crippen LogP contribution in [0.15, 0.2) is 0 Å². The van der Waals surface area contributed by atoms with Gasteiger partial charge in [0.15, 0.2) is 17.5 Å². The highest BCUT2D eigenvalue weighted by Crippen LogP contribution is 2.22. The molecule has 1 aromatic rings. The lowest BCUT2D eigenvalue weighted by Crippen LogP contribution is -2.13. The predicted octanol–water partition coefficient (Wildman–Crippen LogP) is 3.23. The molecule has 0 radical (unpaired) electrons. The molecule has 1 atom stereocenters. The molecular formula is C13H22FN3O. The van der Waals surface area contributed by atoms with Crippen molar-refractivity contribution in [2.75, 3.05) is 19.0 Å². The van der Waals surface area contributed by atoms with E-state index in [4.69, 9.17) is 4.74 Å². The molecule has 0 amide bonds. The summed E-state index contributed by atoms with van der Waals surface area (Å²) in [5.41, 5.74) is 0.358. The van der Waals surface area contributed by atoms with Gasteiger partial charge in [-0.25, -0.2) is 14.4 Å². The zero-order valence-corrected chi connectivity index (χ0v) is 11.6. The normalized spacial score (nSPS) is 12.5. The molecule has 4 nitrogen and oxygen atoms in total. The Morgan fingerprint density at radius 2 is 2.00 bits per heavy atom. The lowest BCUT2D eigenvalue weighted by Gasteiger charge is -2.15. The highest BCUT2D eigenvalue weighted by molar-refractivity contribution is 5.38. The van der Waals surface area contributed by atoms with Crippen molar-refractivity contribution in [2.45, 2.75) is 46.1 Å². The zero-order valence-electron chi connectivity index (χ0n) is 11.6. The number of hydrogen-bond acceptors (Lipinski definition) is 4. The first kappa shape index (κ1) is 14.8. The molecule has 0 saturated heterocycles. The lowest BCUT2D eigenvalue weighted by atomic mass is 10.2. The van der Waals surface area contributed by atoms with E-state index in [0.717, 1.165) is 19.3 Å². The van der Waals surface area contributed by atoms with Crippen molar-refractivity contribution >= 4 is 5.82 Å². The summed E-state index contributed by atoms with van der Waals surface area (Å²) in [6.07, 6.45) is 2.54. The number of methoxy groups -OCH3 is 1. The molecule has 0 aliphatic carbocycles. The Balaban J connectivity index is 3.01. The molecule has 1 rings (SSSR count). The number of anilines is 1. The van der Waals surface area contributed by atoms with Crippen LogP contribution in [-0.4, -0.2) is 23.6 Å².